The molecule has 4 rings (SSSR count). The number of fused-ring (bicyclic) bond motifs is 3. The summed E-state index contributed by atoms with van der Waals surface area (Å²) in [6.07, 6.45) is 7.06. The maximum absolute atomic E-state index is 12.9. The fourth-order valence-corrected chi connectivity index (χ4v) is 4.05. The van der Waals surface area contributed by atoms with Crippen LogP contribution in [0.4, 0.5) is 0 Å². The molecule has 0 aromatic heterocycles. The summed E-state index contributed by atoms with van der Waals surface area (Å²) in [5.74, 6) is 1.07. The molecule has 0 aliphatic heterocycles. The van der Waals surface area contributed by atoms with Gasteiger partial charge in [-0.15, -0.1) is 0 Å². The first kappa shape index (κ1) is 14.4. The summed E-state index contributed by atoms with van der Waals surface area (Å²) in [4.78, 5) is 12.9. The number of rotatable bonds is 4. The first-order valence-electron chi connectivity index (χ1n) is 8.76. The average Bonchev–Trinajstić information content (AvgIpc) is 3.12. The van der Waals surface area contributed by atoms with E-state index in [2.05, 4.69) is 42.5 Å². The smallest absolute Gasteiger partial charge is 0.163 e. The molecule has 1 aliphatic carbocycles. The van der Waals surface area contributed by atoms with Crippen LogP contribution in [-0.2, 0) is 0 Å². The lowest BCUT2D eigenvalue weighted by molar-refractivity contribution is 0.0975. The summed E-state index contributed by atoms with van der Waals surface area (Å²) < 4.78 is 0. The Kier molecular flexibility index (Phi) is 3.87. The highest BCUT2D eigenvalue weighted by atomic mass is 16.1. The zero-order valence-corrected chi connectivity index (χ0v) is 13.4. The molecule has 0 heterocycles. The lowest BCUT2D eigenvalue weighted by Gasteiger charge is -2.11. The maximum Gasteiger partial charge on any atom is 0.163 e. The molecule has 23 heavy (non-hydrogen) atoms. The van der Waals surface area contributed by atoms with Gasteiger partial charge >= 0.3 is 0 Å². The van der Waals surface area contributed by atoms with Gasteiger partial charge in [-0.3, -0.25) is 4.79 Å². The average molecular weight is 302 g/mol. The van der Waals surface area contributed by atoms with Crippen LogP contribution in [0.25, 0.3) is 21.5 Å². The van der Waals surface area contributed by atoms with Crippen molar-refractivity contribution in [3.8, 4) is 0 Å². The van der Waals surface area contributed by atoms with Crippen LogP contribution in [0.2, 0.25) is 0 Å². The second-order valence-corrected chi connectivity index (χ2v) is 6.80. The third-order valence-corrected chi connectivity index (χ3v) is 5.32. The fourth-order valence-electron chi connectivity index (χ4n) is 4.05. The van der Waals surface area contributed by atoms with Crippen molar-refractivity contribution < 1.29 is 4.79 Å². The van der Waals surface area contributed by atoms with Crippen molar-refractivity contribution in [1.29, 1.82) is 0 Å². The fraction of sp³-hybridized carbons (Fsp3) is 0.318. The Balaban J connectivity index is 1.73. The van der Waals surface area contributed by atoms with Gasteiger partial charge in [0.05, 0.1) is 0 Å². The van der Waals surface area contributed by atoms with E-state index >= 15 is 0 Å². The number of hydrogen-bond acceptors (Lipinski definition) is 1. The van der Waals surface area contributed by atoms with E-state index in [9.17, 15) is 4.79 Å². The molecule has 3 aromatic rings. The molecule has 0 amide bonds. The Morgan fingerprint density at radius 1 is 0.870 bits per heavy atom. The second-order valence-electron chi connectivity index (χ2n) is 6.80. The normalized spacial score (nSPS) is 15.5. The Labute approximate surface area is 137 Å². The van der Waals surface area contributed by atoms with Gasteiger partial charge in [0.2, 0.25) is 0 Å². The molecule has 0 unspecified atom stereocenters. The minimum atomic E-state index is 0.304. The SMILES string of the molecule is O=C(CCC1CCCC1)c1cc2ccccc2c2ccccc12. The van der Waals surface area contributed by atoms with Crippen LogP contribution in [0.1, 0.15) is 48.9 Å². The van der Waals surface area contributed by atoms with E-state index in [4.69, 9.17) is 0 Å². The Morgan fingerprint density at radius 3 is 2.30 bits per heavy atom. The van der Waals surface area contributed by atoms with Gasteiger partial charge in [-0.2, -0.15) is 0 Å². The summed E-state index contributed by atoms with van der Waals surface area (Å²) in [6.45, 7) is 0. The van der Waals surface area contributed by atoms with Crippen LogP contribution in [0.5, 0.6) is 0 Å². The van der Waals surface area contributed by atoms with Crippen LogP contribution >= 0.6 is 0 Å². The molecule has 0 spiro atoms. The van der Waals surface area contributed by atoms with Crippen molar-refractivity contribution >= 4 is 27.3 Å². The van der Waals surface area contributed by atoms with Gasteiger partial charge in [0.15, 0.2) is 5.78 Å². The molecule has 0 atom stereocenters. The predicted octanol–water partition coefficient (Wildman–Crippen LogP) is 6.15. The number of ketones is 1. The molecule has 0 N–H and O–H groups in total. The van der Waals surface area contributed by atoms with Gasteiger partial charge in [-0.1, -0.05) is 74.2 Å². The van der Waals surface area contributed by atoms with Crippen LogP contribution in [-0.4, -0.2) is 5.78 Å². The van der Waals surface area contributed by atoms with E-state index in [0.29, 0.717) is 12.2 Å². The largest absolute Gasteiger partial charge is 0.294 e. The third kappa shape index (κ3) is 2.76. The van der Waals surface area contributed by atoms with Gasteiger partial charge in [-0.05, 0) is 39.9 Å². The van der Waals surface area contributed by atoms with Crippen LogP contribution in [0, 0.1) is 5.92 Å². The van der Waals surface area contributed by atoms with Crippen molar-refractivity contribution in [2.75, 3.05) is 0 Å². The quantitative estimate of drug-likeness (QED) is 0.417. The molecule has 0 bridgehead atoms. The molecular formula is C22H22O. The minimum Gasteiger partial charge on any atom is -0.294 e. The molecule has 3 aromatic carbocycles. The molecular weight excluding hydrogens is 280 g/mol. The highest BCUT2D eigenvalue weighted by molar-refractivity contribution is 6.17. The first-order valence-corrected chi connectivity index (χ1v) is 8.76. The first-order chi connectivity index (χ1) is 11.3. The Morgan fingerprint density at radius 2 is 1.52 bits per heavy atom. The molecule has 0 saturated heterocycles. The van der Waals surface area contributed by atoms with Crippen molar-refractivity contribution in [2.24, 2.45) is 5.92 Å². The standard InChI is InChI=1S/C22H22O/c23-22(14-13-16-7-1-2-8-16)21-15-17-9-3-4-10-18(17)19-11-5-6-12-20(19)21/h3-6,9-12,15-16H,1-2,7-8,13-14H2. The van der Waals surface area contributed by atoms with Crippen LogP contribution < -0.4 is 0 Å². The zero-order valence-electron chi connectivity index (χ0n) is 13.4. The van der Waals surface area contributed by atoms with Gasteiger partial charge < -0.3 is 0 Å². The predicted molar refractivity (Wildman–Crippen MR) is 97.0 cm³/mol. The third-order valence-electron chi connectivity index (χ3n) is 5.32. The van der Waals surface area contributed by atoms with Gasteiger partial charge in [0.25, 0.3) is 0 Å². The summed E-state index contributed by atoms with van der Waals surface area (Å²) >= 11 is 0. The van der Waals surface area contributed by atoms with E-state index in [0.717, 1.165) is 28.7 Å². The topological polar surface area (TPSA) is 17.1 Å². The zero-order chi connectivity index (χ0) is 15.6. The summed E-state index contributed by atoms with van der Waals surface area (Å²) in [6, 6.07) is 18.8. The summed E-state index contributed by atoms with van der Waals surface area (Å²) in [5, 5.41) is 4.68. The molecule has 1 aliphatic rings. The van der Waals surface area contributed by atoms with Crippen molar-refractivity contribution in [3.05, 3.63) is 60.2 Å². The highest BCUT2D eigenvalue weighted by Gasteiger charge is 2.18. The van der Waals surface area contributed by atoms with Crippen molar-refractivity contribution in [3.63, 3.8) is 0 Å². The molecule has 1 heteroatoms. The maximum atomic E-state index is 12.9. The second kappa shape index (κ2) is 6.16. The molecule has 1 saturated carbocycles. The molecule has 0 radical (unpaired) electrons. The molecule has 1 fully saturated rings. The Bertz CT molecular complexity index is 856. The van der Waals surface area contributed by atoms with E-state index in [1.807, 2.05) is 12.1 Å². The van der Waals surface area contributed by atoms with Crippen LogP contribution in [0.15, 0.2) is 54.6 Å². The Hall–Kier alpha value is -2.15. The summed E-state index contributed by atoms with van der Waals surface area (Å²) in [5.41, 5.74) is 0.900. The van der Waals surface area contributed by atoms with E-state index < -0.39 is 0 Å². The lowest BCUT2D eigenvalue weighted by Crippen LogP contribution is -2.04. The summed E-state index contributed by atoms with van der Waals surface area (Å²) in [7, 11) is 0. The lowest BCUT2D eigenvalue weighted by atomic mass is 9.92. The number of Topliss-reactive ketones (excluding diaryl/α,β-unsaturated/α-hetero) is 1. The van der Waals surface area contributed by atoms with Gasteiger partial charge in [0.1, 0.15) is 0 Å². The molecule has 1 nitrogen and oxygen atoms in total. The van der Waals surface area contributed by atoms with Gasteiger partial charge in [0, 0.05) is 12.0 Å². The van der Waals surface area contributed by atoms with E-state index in [1.54, 1.807) is 0 Å². The van der Waals surface area contributed by atoms with Crippen molar-refractivity contribution in [2.45, 2.75) is 38.5 Å². The van der Waals surface area contributed by atoms with E-state index in [-0.39, 0.29) is 0 Å². The number of carbonyl (C=O) groups is 1. The van der Waals surface area contributed by atoms with E-state index in [1.165, 1.54) is 36.5 Å². The minimum absolute atomic E-state index is 0.304. The van der Waals surface area contributed by atoms with Gasteiger partial charge in [-0.25, -0.2) is 0 Å². The number of hydrogen-bond donors (Lipinski definition) is 0. The van der Waals surface area contributed by atoms with Crippen LogP contribution in [0.3, 0.4) is 0 Å². The molecule has 116 valence electrons. The monoisotopic (exact) mass is 302 g/mol. The highest BCUT2D eigenvalue weighted by Crippen LogP contribution is 2.32. The number of carbonyl (C=O) groups excluding carboxylic acids is 1. The number of benzene rings is 3. The van der Waals surface area contributed by atoms with Crippen molar-refractivity contribution in [1.82, 2.24) is 0 Å².